The number of esters is 1. The number of rotatable bonds is 6. The lowest BCUT2D eigenvalue weighted by Gasteiger charge is -2.34. The standard InChI is InChI=1S/C24H28N6O4/c1-15(23(31)30-9-7-29(2)8-10-30)28-21-18-11-16(5-6-20(18)26-14-27-21)17-12-19(24(32)34-4)22(33-3)25-13-17/h5-6,11-15H,7-10H2,1-4H3,(H,26,27,28)/t15-/m0/s1. The van der Waals surface area contributed by atoms with E-state index < -0.39 is 12.0 Å². The zero-order chi connectivity index (χ0) is 24.2. The summed E-state index contributed by atoms with van der Waals surface area (Å²) in [7, 11) is 4.81. The fraction of sp³-hybridized carbons (Fsp3) is 0.375. The van der Waals surface area contributed by atoms with Gasteiger partial charge in [-0.3, -0.25) is 4.79 Å². The molecule has 1 aliphatic rings. The number of benzene rings is 1. The Kier molecular flexibility index (Phi) is 6.87. The van der Waals surface area contributed by atoms with Gasteiger partial charge in [0.2, 0.25) is 11.8 Å². The molecule has 3 heterocycles. The maximum atomic E-state index is 13.0. The van der Waals surface area contributed by atoms with Gasteiger partial charge in [0, 0.05) is 43.3 Å². The molecule has 1 fully saturated rings. The topological polar surface area (TPSA) is 110 Å². The number of piperazine rings is 1. The minimum Gasteiger partial charge on any atom is -0.480 e. The van der Waals surface area contributed by atoms with Gasteiger partial charge in [-0.25, -0.2) is 19.7 Å². The highest BCUT2D eigenvalue weighted by Crippen LogP contribution is 2.29. The lowest BCUT2D eigenvalue weighted by Crippen LogP contribution is -2.51. The second kappa shape index (κ2) is 10.0. The summed E-state index contributed by atoms with van der Waals surface area (Å²) in [6.45, 7) is 4.99. The van der Waals surface area contributed by atoms with Gasteiger partial charge < -0.3 is 24.6 Å². The Morgan fingerprint density at radius 2 is 1.79 bits per heavy atom. The van der Waals surface area contributed by atoms with Crippen molar-refractivity contribution >= 4 is 28.6 Å². The van der Waals surface area contributed by atoms with Crippen LogP contribution in [0.2, 0.25) is 0 Å². The van der Waals surface area contributed by atoms with Gasteiger partial charge in [0.1, 0.15) is 23.8 Å². The summed E-state index contributed by atoms with van der Waals surface area (Å²) in [6.07, 6.45) is 3.10. The molecule has 0 radical (unpaired) electrons. The Balaban J connectivity index is 1.63. The average molecular weight is 465 g/mol. The highest BCUT2D eigenvalue weighted by Gasteiger charge is 2.24. The predicted octanol–water partition coefficient (Wildman–Crippen LogP) is 2.06. The largest absolute Gasteiger partial charge is 0.480 e. The summed E-state index contributed by atoms with van der Waals surface area (Å²) in [4.78, 5) is 42.2. The molecule has 1 saturated heterocycles. The van der Waals surface area contributed by atoms with E-state index in [1.54, 1.807) is 12.3 Å². The number of aromatic nitrogens is 3. The zero-order valence-corrected chi connectivity index (χ0v) is 19.7. The Bertz CT molecular complexity index is 1210. The number of pyridine rings is 1. The third-order valence-corrected chi connectivity index (χ3v) is 5.96. The molecule has 178 valence electrons. The van der Waals surface area contributed by atoms with Crippen LogP contribution in [0, 0.1) is 0 Å². The monoisotopic (exact) mass is 464 g/mol. The number of amides is 1. The number of nitrogens with zero attached hydrogens (tertiary/aromatic N) is 5. The fourth-order valence-corrected chi connectivity index (χ4v) is 3.95. The maximum Gasteiger partial charge on any atom is 0.343 e. The van der Waals surface area contributed by atoms with Crippen molar-refractivity contribution in [1.82, 2.24) is 24.8 Å². The van der Waals surface area contributed by atoms with Crippen LogP contribution in [0.15, 0.2) is 36.8 Å². The van der Waals surface area contributed by atoms with Gasteiger partial charge in [0.05, 0.1) is 19.7 Å². The van der Waals surface area contributed by atoms with Crippen molar-refractivity contribution in [1.29, 1.82) is 0 Å². The third-order valence-electron chi connectivity index (χ3n) is 5.96. The highest BCUT2D eigenvalue weighted by atomic mass is 16.5. The lowest BCUT2D eigenvalue weighted by molar-refractivity contribution is -0.133. The number of ether oxygens (including phenoxy) is 2. The number of hydrogen-bond acceptors (Lipinski definition) is 9. The molecule has 3 aromatic rings. The van der Waals surface area contributed by atoms with Gasteiger partial charge in [-0.05, 0) is 37.7 Å². The molecule has 0 unspecified atom stereocenters. The van der Waals surface area contributed by atoms with Crippen LogP contribution in [0.4, 0.5) is 5.82 Å². The molecular formula is C24H28N6O4. The molecule has 1 aromatic carbocycles. The molecular weight excluding hydrogens is 436 g/mol. The van der Waals surface area contributed by atoms with Gasteiger partial charge in [-0.15, -0.1) is 0 Å². The van der Waals surface area contributed by atoms with E-state index in [2.05, 4.69) is 32.2 Å². The van der Waals surface area contributed by atoms with E-state index in [1.165, 1.54) is 20.5 Å². The second-order valence-electron chi connectivity index (χ2n) is 8.22. The number of likely N-dealkylation sites (N-methyl/N-ethyl adjacent to an activating group) is 1. The minimum absolute atomic E-state index is 0.0399. The summed E-state index contributed by atoms with van der Waals surface area (Å²) < 4.78 is 10.0. The molecule has 0 spiro atoms. The van der Waals surface area contributed by atoms with Crippen LogP contribution >= 0.6 is 0 Å². The van der Waals surface area contributed by atoms with Gasteiger partial charge in [0.15, 0.2) is 0 Å². The smallest absolute Gasteiger partial charge is 0.343 e. The van der Waals surface area contributed by atoms with E-state index in [9.17, 15) is 9.59 Å². The molecule has 10 heteroatoms. The summed E-state index contributed by atoms with van der Waals surface area (Å²) in [6, 6.07) is 6.90. The molecule has 10 nitrogen and oxygen atoms in total. The molecule has 1 amide bonds. The minimum atomic E-state index is -0.533. The van der Waals surface area contributed by atoms with E-state index in [-0.39, 0.29) is 17.4 Å². The number of hydrogen-bond donors (Lipinski definition) is 1. The van der Waals surface area contributed by atoms with Crippen LogP contribution in [0.25, 0.3) is 22.0 Å². The molecule has 1 aliphatic heterocycles. The molecule has 1 N–H and O–H groups in total. The summed E-state index contributed by atoms with van der Waals surface area (Å²) in [5.74, 6) is 0.266. The SMILES string of the molecule is COC(=O)c1cc(-c2ccc3ncnc(N[C@@H](C)C(=O)N4CCN(C)CC4)c3c2)cnc1OC. The van der Waals surface area contributed by atoms with Crippen molar-refractivity contribution in [3.05, 3.63) is 42.4 Å². The van der Waals surface area contributed by atoms with E-state index in [0.29, 0.717) is 24.5 Å². The summed E-state index contributed by atoms with van der Waals surface area (Å²) in [5.41, 5.74) is 2.48. The molecule has 34 heavy (non-hydrogen) atoms. The second-order valence-corrected chi connectivity index (χ2v) is 8.22. The van der Waals surface area contributed by atoms with Crippen LogP contribution in [0.3, 0.4) is 0 Å². The molecule has 2 aromatic heterocycles. The van der Waals surface area contributed by atoms with Crippen LogP contribution in [0.5, 0.6) is 5.88 Å². The predicted molar refractivity (Wildman–Crippen MR) is 128 cm³/mol. The average Bonchev–Trinajstić information content (AvgIpc) is 2.87. The summed E-state index contributed by atoms with van der Waals surface area (Å²) in [5, 5.41) is 4.02. The van der Waals surface area contributed by atoms with Gasteiger partial charge in [-0.1, -0.05) is 6.07 Å². The number of carbonyl (C=O) groups is 2. The first kappa shape index (κ1) is 23.4. The van der Waals surface area contributed by atoms with Crippen molar-refractivity contribution in [2.75, 3.05) is 52.8 Å². The van der Waals surface area contributed by atoms with E-state index in [1.807, 2.05) is 30.0 Å². The molecule has 1 atom stereocenters. The number of methoxy groups -OCH3 is 2. The van der Waals surface area contributed by atoms with Crippen LogP contribution < -0.4 is 10.1 Å². The first-order chi connectivity index (χ1) is 16.4. The van der Waals surface area contributed by atoms with Crippen molar-refractivity contribution < 1.29 is 19.1 Å². The van der Waals surface area contributed by atoms with E-state index in [0.717, 1.165) is 29.6 Å². The van der Waals surface area contributed by atoms with E-state index >= 15 is 0 Å². The first-order valence-electron chi connectivity index (χ1n) is 11.0. The van der Waals surface area contributed by atoms with Crippen molar-refractivity contribution in [3.63, 3.8) is 0 Å². The number of fused-ring (bicyclic) bond motifs is 1. The Hall–Kier alpha value is -3.79. The number of carbonyl (C=O) groups excluding carboxylic acids is 2. The van der Waals surface area contributed by atoms with Crippen LogP contribution in [0.1, 0.15) is 17.3 Å². The first-order valence-corrected chi connectivity index (χ1v) is 11.0. The lowest BCUT2D eigenvalue weighted by atomic mass is 10.0. The number of nitrogens with one attached hydrogen (secondary N) is 1. The third kappa shape index (κ3) is 4.76. The maximum absolute atomic E-state index is 13.0. The molecule has 0 bridgehead atoms. The Morgan fingerprint density at radius 3 is 2.50 bits per heavy atom. The van der Waals surface area contributed by atoms with Crippen LogP contribution in [-0.4, -0.2) is 90.1 Å². The van der Waals surface area contributed by atoms with E-state index in [4.69, 9.17) is 9.47 Å². The van der Waals surface area contributed by atoms with Gasteiger partial charge >= 0.3 is 5.97 Å². The quantitative estimate of drug-likeness (QED) is 0.548. The van der Waals surface area contributed by atoms with Crippen molar-refractivity contribution in [3.8, 4) is 17.0 Å². The van der Waals surface area contributed by atoms with Gasteiger partial charge in [0.25, 0.3) is 0 Å². The number of anilines is 1. The Labute approximate surface area is 197 Å². The fourth-order valence-electron chi connectivity index (χ4n) is 3.95. The summed E-state index contributed by atoms with van der Waals surface area (Å²) >= 11 is 0. The zero-order valence-electron chi connectivity index (χ0n) is 19.7. The molecule has 0 saturated carbocycles. The van der Waals surface area contributed by atoms with Gasteiger partial charge in [-0.2, -0.15) is 0 Å². The molecule has 0 aliphatic carbocycles. The normalized spacial score (nSPS) is 15.1. The molecule has 4 rings (SSSR count). The Morgan fingerprint density at radius 1 is 1.03 bits per heavy atom. The highest BCUT2D eigenvalue weighted by molar-refractivity contribution is 5.96. The van der Waals surface area contributed by atoms with Crippen molar-refractivity contribution in [2.45, 2.75) is 13.0 Å². The van der Waals surface area contributed by atoms with Crippen molar-refractivity contribution in [2.24, 2.45) is 0 Å². The van der Waals surface area contributed by atoms with Crippen LogP contribution in [-0.2, 0) is 9.53 Å².